The molecule has 1 aliphatic carbocycles. The third-order valence-electron chi connectivity index (χ3n) is 13.0. The van der Waals surface area contributed by atoms with Gasteiger partial charge in [0.05, 0.1) is 5.69 Å². The molecule has 0 N–H and O–H groups in total. The molecule has 0 unspecified atom stereocenters. The lowest BCUT2D eigenvalue weighted by Gasteiger charge is -2.29. The molecule has 0 fully saturated rings. The number of fused-ring (bicyclic) bond motifs is 6. The maximum atomic E-state index is 5.13. The van der Waals surface area contributed by atoms with E-state index in [0.29, 0.717) is 17.5 Å². The zero-order valence-corrected chi connectivity index (χ0v) is 36.8. The predicted molar refractivity (Wildman–Crippen MR) is 272 cm³/mol. The first kappa shape index (κ1) is 38.7. The fourth-order valence-corrected chi connectivity index (χ4v) is 10.8. The van der Waals surface area contributed by atoms with E-state index in [2.05, 4.69) is 201 Å². The van der Waals surface area contributed by atoms with Crippen LogP contribution >= 0.6 is 11.3 Å². The van der Waals surface area contributed by atoms with Gasteiger partial charge in [0.2, 0.25) is 0 Å². The molecule has 0 bridgehead atoms. The summed E-state index contributed by atoms with van der Waals surface area (Å²) in [6.07, 6.45) is 0. The predicted octanol–water partition coefficient (Wildman–Crippen LogP) is 16.4. The SMILES string of the molecule is CC1(C)c2ccccc2-c2c(N(c3ccc(-c4ccccc4)cc3)c3ccc(-c4ccc5sc6cccc(-c7nc(-c8ccccc8)nc(-c8ccccc8)n7)c6c5c4)cc3)cccc21. The molecule has 0 atom stereocenters. The molecule has 65 heavy (non-hydrogen) atoms. The number of benzene rings is 9. The summed E-state index contributed by atoms with van der Waals surface area (Å²) in [7, 11) is 0. The Morgan fingerprint density at radius 1 is 0.385 bits per heavy atom. The van der Waals surface area contributed by atoms with E-state index in [1.807, 2.05) is 36.4 Å². The quantitative estimate of drug-likeness (QED) is 0.153. The molecule has 0 aliphatic heterocycles. The molecule has 12 rings (SSSR count). The van der Waals surface area contributed by atoms with E-state index in [-0.39, 0.29) is 5.41 Å². The van der Waals surface area contributed by atoms with Crippen LogP contribution in [0.5, 0.6) is 0 Å². The van der Waals surface area contributed by atoms with Gasteiger partial charge < -0.3 is 4.90 Å². The number of nitrogens with zero attached hydrogens (tertiary/aromatic N) is 4. The van der Waals surface area contributed by atoms with Gasteiger partial charge in [-0.05, 0) is 87.5 Å². The van der Waals surface area contributed by atoms with E-state index in [1.165, 1.54) is 53.9 Å². The smallest absolute Gasteiger partial charge is 0.164 e. The maximum absolute atomic E-state index is 5.13. The monoisotopic (exact) mass is 850 g/mol. The molecule has 2 heterocycles. The highest BCUT2D eigenvalue weighted by Crippen LogP contribution is 2.54. The van der Waals surface area contributed by atoms with Crippen molar-refractivity contribution in [2.75, 3.05) is 4.90 Å². The first-order valence-corrected chi connectivity index (χ1v) is 22.9. The topological polar surface area (TPSA) is 41.9 Å². The summed E-state index contributed by atoms with van der Waals surface area (Å²) >= 11 is 1.80. The largest absolute Gasteiger partial charge is 0.310 e. The van der Waals surface area contributed by atoms with Crippen LogP contribution < -0.4 is 4.90 Å². The Morgan fingerprint density at radius 2 is 0.877 bits per heavy atom. The van der Waals surface area contributed by atoms with E-state index in [4.69, 9.17) is 15.0 Å². The molecule has 0 radical (unpaired) electrons. The van der Waals surface area contributed by atoms with Gasteiger partial charge in [-0.25, -0.2) is 15.0 Å². The summed E-state index contributed by atoms with van der Waals surface area (Å²) in [5.41, 5.74) is 16.2. The van der Waals surface area contributed by atoms with Crippen molar-refractivity contribution in [3.63, 3.8) is 0 Å². The number of rotatable bonds is 8. The molecule has 9 aromatic carbocycles. The molecule has 308 valence electrons. The lowest BCUT2D eigenvalue weighted by Crippen LogP contribution is -2.16. The number of aromatic nitrogens is 3. The summed E-state index contributed by atoms with van der Waals surface area (Å²) in [6, 6.07) is 78.0. The minimum atomic E-state index is -0.114. The van der Waals surface area contributed by atoms with Crippen LogP contribution in [0.3, 0.4) is 0 Å². The Morgan fingerprint density at radius 3 is 1.52 bits per heavy atom. The van der Waals surface area contributed by atoms with Crippen LogP contribution in [0.25, 0.3) is 87.7 Å². The van der Waals surface area contributed by atoms with Gasteiger partial charge in [-0.1, -0.05) is 184 Å². The van der Waals surface area contributed by atoms with E-state index in [0.717, 1.165) is 44.6 Å². The van der Waals surface area contributed by atoms with Crippen LogP contribution in [0, 0.1) is 0 Å². The minimum absolute atomic E-state index is 0.114. The average Bonchev–Trinajstić information content (AvgIpc) is 3.87. The lowest BCUT2D eigenvalue weighted by atomic mass is 9.82. The van der Waals surface area contributed by atoms with Crippen molar-refractivity contribution >= 4 is 48.6 Å². The van der Waals surface area contributed by atoms with Gasteiger partial charge in [-0.15, -0.1) is 11.3 Å². The highest BCUT2D eigenvalue weighted by atomic mass is 32.1. The van der Waals surface area contributed by atoms with Crippen molar-refractivity contribution in [1.29, 1.82) is 0 Å². The van der Waals surface area contributed by atoms with Crippen LogP contribution in [0.1, 0.15) is 25.0 Å². The summed E-state index contributed by atoms with van der Waals surface area (Å²) in [6.45, 7) is 4.69. The first-order chi connectivity index (χ1) is 32.0. The summed E-state index contributed by atoms with van der Waals surface area (Å²) in [5.74, 6) is 1.97. The second-order valence-corrected chi connectivity index (χ2v) is 18.3. The van der Waals surface area contributed by atoms with Crippen molar-refractivity contribution in [3.05, 3.63) is 230 Å². The van der Waals surface area contributed by atoms with Crippen molar-refractivity contribution in [2.45, 2.75) is 19.3 Å². The third kappa shape index (κ3) is 6.71. The fraction of sp³-hybridized carbons (Fsp3) is 0.0500. The Hall–Kier alpha value is -7.99. The van der Waals surface area contributed by atoms with E-state index >= 15 is 0 Å². The van der Waals surface area contributed by atoms with Crippen LogP contribution in [-0.4, -0.2) is 15.0 Å². The van der Waals surface area contributed by atoms with E-state index in [9.17, 15) is 0 Å². The number of hydrogen-bond donors (Lipinski definition) is 0. The van der Waals surface area contributed by atoms with Gasteiger partial charge in [0.15, 0.2) is 17.5 Å². The summed E-state index contributed by atoms with van der Waals surface area (Å²) in [5, 5.41) is 2.34. The molecule has 0 saturated heterocycles. The Kier molecular flexibility index (Phi) is 9.32. The maximum Gasteiger partial charge on any atom is 0.164 e. The lowest BCUT2D eigenvalue weighted by molar-refractivity contribution is 0.660. The Bertz CT molecular complexity index is 3490. The van der Waals surface area contributed by atoms with E-state index < -0.39 is 0 Å². The second kappa shape index (κ2) is 15.7. The van der Waals surface area contributed by atoms with Gasteiger partial charge >= 0.3 is 0 Å². The third-order valence-corrected chi connectivity index (χ3v) is 14.1. The standard InChI is InChI=1S/C60H42N4S/c1-60(2)50-24-13-12-22-47(50)56-51(60)25-15-26-52(56)64(45-33-28-40(29-34-45)39-16-6-3-7-17-39)46-35-30-41(31-36-46)44-32-37-53-49(38-44)55-48(23-14-27-54(55)65-53)59-62-57(42-18-8-4-9-19-42)61-58(63-59)43-20-10-5-11-21-43/h3-38H,1-2H3. The molecule has 0 amide bonds. The number of thiophene rings is 1. The minimum Gasteiger partial charge on any atom is -0.310 e. The molecule has 1 aliphatic rings. The van der Waals surface area contributed by atoms with Gasteiger partial charge in [-0.2, -0.15) is 0 Å². The van der Waals surface area contributed by atoms with Crippen molar-refractivity contribution in [3.8, 4) is 67.5 Å². The molecule has 11 aromatic rings. The molecule has 0 spiro atoms. The van der Waals surface area contributed by atoms with Gasteiger partial charge in [0.1, 0.15) is 0 Å². The van der Waals surface area contributed by atoms with Crippen LogP contribution in [0.2, 0.25) is 0 Å². The highest BCUT2D eigenvalue weighted by Gasteiger charge is 2.37. The summed E-state index contributed by atoms with van der Waals surface area (Å²) < 4.78 is 2.42. The molecule has 2 aromatic heterocycles. The summed E-state index contributed by atoms with van der Waals surface area (Å²) in [4.78, 5) is 17.7. The molecular formula is C60H42N4S. The Balaban J connectivity index is 0.971. The highest BCUT2D eigenvalue weighted by molar-refractivity contribution is 7.26. The molecule has 4 nitrogen and oxygen atoms in total. The Labute approximate surface area is 382 Å². The normalized spacial score (nSPS) is 12.6. The van der Waals surface area contributed by atoms with Crippen LogP contribution in [0.4, 0.5) is 17.1 Å². The molecule has 0 saturated carbocycles. The van der Waals surface area contributed by atoms with Crippen molar-refractivity contribution in [2.24, 2.45) is 0 Å². The van der Waals surface area contributed by atoms with Crippen molar-refractivity contribution < 1.29 is 0 Å². The first-order valence-electron chi connectivity index (χ1n) is 22.1. The number of hydrogen-bond acceptors (Lipinski definition) is 5. The van der Waals surface area contributed by atoms with Gasteiger partial charge in [0, 0.05) is 59.2 Å². The average molecular weight is 851 g/mol. The number of anilines is 3. The fourth-order valence-electron chi connectivity index (χ4n) is 9.71. The van der Waals surface area contributed by atoms with Gasteiger partial charge in [-0.3, -0.25) is 0 Å². The van der Waals surface area contributed by atoms with Crippen LogP contribution in [-0.2, 0) is 5.41 Å². The van der Waals surface area contributed by atoms with E-state index in [1.54, 1.807) is 11.3 Å². The zero-order valence-electron chi connectivity index (χ0n) is 36.0. The second-order valence-electron chi connectivity index (χ2n) is 17.2. The van der Waals surface area contributed by atoms with Crippen molar-refractivity contribution in [1.82, 2.24) is 15.0 Å². The van der Waals surface area contributed by atoms with Crippen LogP contribution in [0.15, 0.2) is 218 Å². The zero-order chi connectivity index (χ0) is 43.5. The molecular weight excluding hydrogens is 809 g/mol. The molecule has 5 heteroatoms. The van der Waals surface area contributed by atoms with Gasteiger partial charge in [0.25, 0.3) is 0 Å².